The van der Waals surface area contributed by atoms with E-state index >= 15 is 0 Å². The summed E-state index contributed by atoms with van der Waals surface area (Å²) in [4.78, 5) is 20.0. The lowest BCUT2D eigenvalue weighted by atomic mass is 10.2. The molecule has 1 aromatic heterocycles. The molecule has 0 aliphatic carbocycles. The predicted octanol–water partition coefficient (Wildman–Crippen LogP) is 2.92. The van der Waals surface area contributed by atoms with Gasteiger partial charge in [0.1, 0.15) is 5.82 Å². The highest BCUT2D eigenvalue weighted by atomic mass is 35.5. The van der Waals surface area contributed by atoms with Crippen LogP contribution in [0.1, 0.15) is 16.2 Å². The Bertz CT molecular complexity index is 890. The normalized spacial score (nSPS) is 12.5. The van der Waals surface area contributed by atoms with Gasteiger partial charge in [-0.15, -0.1) is 0 Å². The van der Waals surface area contributed by atoms with E-state index < -0.39 is 0 Å². The Kier molecular flexibility index (Phi) is 3.74. The number of nitrogens with zero attached hydrogens (tertiary/aromatic N) is 1. The molecule has 0 atom stereocenters. The highest BCUT2D eigenvalue weighted by molar-refractivity contribution is 6.32. The first-order valence-corrected chi connectivity index (χ1v) is 7.89. The Labute approximate surface area is 142 Å². The lowest BCUT2D eigenvalue weighted by Gasteiger charge is -2.06. The molecule has 1 aliphatic rings. The van der Waals surface area contributed by atoms with Crippen LogP contribution < -0.4 is 14.8 Å². The van der Waals surface area contributed by atoms with Crippen LogP contribution in [-0.2, 0) is 6.42 Å². The minimum Gasteiger partial charge on any atom is -0.454 e. The summed E-state index contributed by atoms with van der Waals surface area (Å²) in [5, 5.41) is 3.22. The second-order valence-electron chi connectivity index (χ2n) is 5.40. The average Bonchev–Trinajstić information content (AvgIpc) is 3.20. The van der Waals surface area contributed by atoms with E-state index in [1.807, 2.05) is 24.3 Å². The van der Waals surface area contributed by atoms with E-state index in [-0.39, 0.29) is 12.7 Å². The third-order valence-electron chi connectivity index (χ3n) is 3.78. The van der Waals surface area contributed by atoms with Gasteiger partial charge in [-0.1, -0.05) is 23.7 Å². The summed E-state index contributed by atoms with van der Waals surface area (Å²) in [6.45, 7) is 0.580. The summed E-state index contributed by atoms with van der Waals surface area (Å²) in [7, 11) is 0. The summed E-state index contributed by atoms with van der Waals surface area (Å²) in [5.41, 5.74) is 2.34. The van der Waals surface area contributed by atoms with Crippen LogP contribution in [0.5, 0.6) is 11.5 Å². The number of aromatic amines is 1. The van der Waals surface area contributed by atoms with Crippen molar-refractivity contribution in [3.63, 3.8) is 0 Å². The molecule has 122 valence electrons. The van der Waals surface area contributed by atoms with Crippen LogP contribution in [0.4, 0.5) is 0 Å². The van der Waals surface area contributed by atoms with E-state index in [4.69, 9.17) is 21.1 Å². The molecule has 24 heavy (non-hydrogen) atoms. The zero-order chi connectivity index (χ0) is 16.5. The molecule has 2 heterocycles. The first kappa shape index (κ1) is 14.8. The Morgan fingerprint density at radius 1 is 1.29 bits per heavy atom. The first-order chi connectivity index (χ1) is 11.7. The SMILES string of the molecule is O=C(NCCc1nc2ccccc2[nH]1)c1cc(Cl)c2c(c1)OCO2. The molecular formula is C17H14ClN3O3. The van der Waals surface area contributed by atoms with Crippen molar-refractivity contribution >= 4 is 28.5 Å². The van der Waals surface area contributed by atoms with E-state index in [0.717, 1.165) is 16.9 Å². The number of amides is 1. The van der Waals surface area contributed by atoms with E-state index in [1.54, 1.807) is 12.1 Å². The zero-order valence-electron chi connectivity index (χ0n) is 12.6. The van der Waals surface area contributed by atoms with Gasteiger partial charge in [-0.2, -0.15) is 0 Å². The smallest absolute Gasteiger partial charge is 0.251 e. The molecule has 0 radical (unpaired) electrons. The minimum atomic E-state index is -0.216. The Morgan fingerprint density at radius 2 is 2.17 bits per heavy atom. The van der Waals surface area contributed by atoms with Crippen molar-refractivity contribution in [3.05, 3.63) is 52.8 Å². The maximum absolute atomic E-state index is 12.3. The van der Waals surface area contributed by atoms with Crippen LogP contribution >= 0.6 is 11.6 Å². The maximum Gasteiger partial charge on any atom is 0.251 e. The van der Waals surface area contributed by atoms with Gasteiger partial charge < -0.3 is 19.8 Å². The highest BCUT2D eigenvalue weighted by Crippen LogP contribution is 2.39. The number of ether oxygens (including phenoxy) is 2. The molecule has 4 rings (SSSR count). The number of H-pyrrole nitrogens is 1. The lowest BCUT2D eigenvalue weighted by Crippen LogP contribution is -2.25. The van der Waals surface area contributed by atoms with Gasteiger partial charge in [-0.25, -0.2) is 4.98 Å². The number of aromatic nitrogens is 2. The topological polar surface area (TPSA) is 76.2 Å². The molecule has 0 saturated carbocycles. The quantitative estimate of drug-likeness (QED) is 0.763. The number of fused-ring (bicyclic) bond motifs is 2. The molecule has 1 aliphatic heterocycles. The van der Waals surface area contributed by atoms with Crippen LogP contribution in [0.3, 0.4) is 0 Å². The van der Waals surface area contributed by atoms with Crippen molar-refractivity contribution in [2.75, 3.05) is 13.3 Å². The molecule has 2 N–H and O–H groups in total. The van der Waals surface area contributed by atoms with Crippen molar-refractivity contribution < 1.29 is 14.3 Å². The molecule has 6 nitrogen and oxygen atoms in total. The highest BCUT2D eigenvalue weighted by Gasteiger charge is 2.20. The van der Waals surface area contributed by atoms with E-state index in [0.29, 0.717) is 35.1 Å². The minimum absolute atomic E-state index is 0.117. The van der Waals surface area contributed by atoms with Gasteiger partial charge in [0, 0.05) is 18.5 Å². The summed E-state index contributed by atoms with van der Waals surface area (Å²) in [5.74, 6) is 1.59. The largest absolute Gasteiger partial charge is 0.454 e. The van der Waals surface area contributed by atoms with Gasteiger partial charge in [0.15, 0.2) is 11.5 Å². The number of hydrogen-bond acceptors (Lipinski definition) is 4. The fourth-order valence-corrected chi connectivity index (χ4v) is 2.88. The average molecular weight is 344 g/mol. The molecule has 0 bridgehead atoms. The monoisotopic (exact) mass is 343 g/mol. The predicted molar refractivity (Wildman–Crippen MR) is 89.7 cm³/mol. The van der Waals surface area contributed by atoms with Crippen LogP contribution in [0.25, 0.3) is 11.0 Å². The van der Waals surface area contributed by atoms with Crippen molar-refractivity contribution in [2.45, 2.75) is 6.42 Å². The Balaban J connectivity index is 1.41. The first-order valence-electron chi connectivity index (χ1n) is 7.52. The molecular weight excluding hydrogens is 330 g/mol. The van der Waals surface area contributed by atoms with Crippen LogP contribution in [0, 0.1) is 0 Å². The van der Waals surface area contributed by atoms with E-state index in [1.165, 1.54) is 0 Å². The number of carbonyl (C=O) groups excluding carboxylic acids is 1. The second kappa shape index (κ2) is 6.05. The van der Waals surface area contributed by atoms with Gasteiger partial charge in [0.25, 0.3) is 5.91 Å². The summed E-state index contributed by atoms with van der Waals surface area (Å²) < 4.78 is 10.5. The van der Waals surface area contributed by atoms with Crippen LogP contribution in [-0.4, -0.2) is 29.2 Å². The number of benzene rings is 2. The number of halogens is 1. The summed E-state index contributed by atoms with van der Waals surface area (Å²) in [6.07, 6.45) is 0.610. The number of carbonyl (C=O) groups is 1. The van der Waals surface area contributed by atoms with Crippen molar-refractivity contribution in [1.29, 1.82) is 0 Å². The molecule has 0 unspecified atom stereocenters. The number of imidazole rings is 1. The molecule has 0 fully saturated rings. The number of rotatable bonds is 4. The summed E-state index contributed by atoms with van der Waals surface area (Å²) >= 11 is 6.09. The van der Waals surface area contributed by atoms with E-state index in [9.17, 15) is 4.79 Å². The summed E-state index contributed by atoms with van der Waals surface area (Å²) in [6, 6.07) is 11.0. The number of para-hydroxylation sites is 2. The van der Waals surface area contributed by atoms with Crippen LogP contribution in [0.15, 0.2) is 36.4 Å². The number of nitrogens with one attached hydrogen (secondary N) is 2. The van der Waals surface area contributed by atoms with E-state index in [2.05, 4.69) is 15.3 Å². The van der Waals surface area contributed by atoms with Gasteiger partial charge in [0.05, 0.1) is 16.1 Å². The fraction of sp³-hybridized carbons (Fsp3) is 0.176. The number of hydrogen-bond donors (Lipinski definition) is 2. The third-order valence-corrected chi connectivity index (χ3v) is 4.06. The van der Waals surface area contributed by atoms with Gasteiger partial charge in [0.2, 0.25) is 6.79 Å². The molecule has 3 aromatic rings. The van der Waals surface area contributed by atoms with Crippen molar-refractivity contribution in [2.24, 2.45) is 0 Å². The molecule has 0 saturated heterocycles. The van der Waals surface area contributed by atoms with Gasteiger partial charge in [-0.05, 0) is 24.3 Å². The van der Waals surface area contributed by atoms with Crippen molar-refractivity contribution in [1.82, 2.24) is 15.3 Å². The molecule has 1 amide bonds. The lowest BCUT2D eigenvalue weighted by molar-refractivity contribution is 0.0953. The second-order valence-corrected chi connectivity index (χ2v) is 5.81. The zero-order valence-corrected chi connectivity index (χ0v) is 13.4. The molecule has 2 aromatic carbocycles. The Morgan fingerprint density at radius 3 is 3.04 bits per heavy atom. The Hall–Kier alpha value is -2.73. The molecule has 7 heteroatoms. The molecule has 0 spiro atoms. The van der Waals surface area contributed by atoms with Gasteiger partial charge in [-0.3, -0.25) is 4.79 Å². The van der Waals surface area contributed by atoms with Crippen molar-refractivity contribution in [3.8, 4) is 11.5 Å². The standard InChI is InChI=1S/C17H14ClN3O3/c18-11-7-10(8-14-16(11)24-9-23-14)17(22)19-6-5-15-20-12-3-1-2-4-13(12)21-15/h1-4,7-8H,5-6,9H2,(H,19,22)(H,20,21). The maximum atomic E-state index is 12.3. The van der Waals surface area contributed by atoms with Gasteiger partial charge >= 0.3 is 0 Å². The third kappa shape index (κ3) is 2.76. The van der Waals surface area contributed by atoms with Crippen LogP contribution in [0.2, 0.25) is 5.02 Å². The fourth-order valence-electron chi connectivity index (χ4n) is 2.62.